The van der Waals surface area contributed by atoms with Crippen molar-refractivity contribution in [2.75, 3.05) is 0 Å². The van der Waals surface area contributed by atoms with E-state index in [9.17, 15) is 16.8 Å². The van der Waals surface area contributed by atoms with E-state index in [2.05, 4.69) is 3.63 Å². The van der Waals surface area contributed by atoms with E-state index < -0.39 is 20.8 Å². The van der Waals surface area contributed by atoms with Gasteiger partial charge in [-0.2, -0.15) is 16.8 Å². The molecule has 0 rings (SSSR count). The van der Waals surface area contributed by atoms with Gasteiger partial charge in [0.15, 0.2) is 0 Å². The summed E-state index contributed by atoms with van der Waals surface area (Å²) in [6.45, 7) is 0. The SMILES string of the molecule is O=S(=O)(O)OS(=O)(=O)O.[CaH2].[KH]. The van der Waals surface area contributed by atoms with Crippen molar-refractivity contribution in [1.29, 1.82) is 0 Å². The molecule has 7 nitrogen and oxygen atoms in total. The molecule has 0 spiro atoms. The molecule has 0 aliphatic rings. The van der Waals surface area contributed by atoms with Crippen LogP contribution in [0.3, 0.4) is 0 Å². The van der Waals surface area contributed by atoms with Crippen LogP contribution in [0.2, 0.25) is 0 Å². The predicted octanol–water partition coefficient (Wildman–Crippen LogP) is -2.96. The Labute approximate surface area is 136 Å². The van der Waals surface area contributed by atoms with Gasteiger partial charge in [0.25, 0.3) is 0 Å². The molecule has 0 atom stereocenters. The zero-order valence-corrected chi connectivity index (χ0v) is 5.39. The number of hydrogen-bond acceptors (Lipinski definition) is 5. The first-order valence-corrected chi connectivity index (χ1v) is 4.10. The first kappa shape index (κ1) is 19.3. The van der Waals surface area contributed by atoms with E-state index in [4.69, 9.17) is 9.11 Å². The Morgan fingerprint density at radius 2 is 1.09 bits per heavy atom. The normalized spacial score (nSPS) is 11.1. The number of rotatable bonds is 2. The second kappa shape index (κ2) is 7.03. The Morgan fingerprint density at radius 1 is 0.909 bits per heavy atom. The molecule has 2 N–H and O–H groups in total. The second-order valence-electron chi connectivity index (χ2n) is 0.924. The van der Waals surface area contributed by atoms with E-state index in [1.165, 1.54) is 0 Å². The van der Waals surface area contributed by atoms with Gasteiger partial charge >= 0.3 is 110 Å². The fraction of sp³-hybridized carbons (Fsp3) is 0. The molecule has 0 amide bonds. The first-order valence-electron chi connectivity index (χ1n) is 1.37. The van der Waals surface area contributed by atoms with Crippen LogP contribution in [0.15, 0.2) is 0 Å². The van der Waals surface area contributed by atoms with Crippen molar-refractivity contribution in [2.45, 2.75) is 0 Å². The Hall–Kier alpha value is 2.68. The molecule has 0 aromatic heterocycles. The second-order valence-corrected chi connectivity index (χ2v) is 3.18. The van der Waals surface area contributed by atoms with Crippen LogP contribution in [0.1, 0.15) is 0 Å². The summed E-state index contributed by atoms with van der Waals surface area (Å²) < 4.78 is 55.6. The van der Waals surface area contributed by atoms with E-state index >= 15 is 0 Å². The van der Waals surface area contributed by atoms with Gasteiger partial charge < -0.3 is 0 Å². The molecular weight excluding hydrogens is 255 g/mol. The molecule has 62 valence electrons. The summed E-state index contributed by atoms with van der Waals surface area (Å²) in [4.78, 5) is 0. The summed E-state index contributed by atoms with van der Waals surface area (Å²) in [6, 6.07) is 0. The minimum absolute atomic E-state index is 0. The van der Waals surface area contributed by atoms with Gasteiger partial charge in [0, 0.05) is 0 Å². The van der Waals surface area contributed by atoms with Crippen molar-refractivity contribution in [3.63, 3.8) is 0 Å². The topological polar surface area (TPSA) is 118 Å². The van der Waals surface area contributed by atoms with Crippen molar-refractivity contribution in [2.24, 2.45) is 0 Å². The van der Waals surface area contributed by atoms with Crippen LogP contribution in [-0.2, 0) is 24.4 Å². The van der Waals surface area contributed by atoms with Crippen LogP contribution in [0, 0.1) is 0 Å². The zero-order chi connectivity index (χ0) is 7.71. The fourth-order valence-electron chi connectivity index (χ4n) is 0.109. The average molecular weight is 260 g/mol. The standard InChI is InChI=1S/Ca.K.H2O7S2.3H/c;;1-8(2,3)7-9(4,5)6;;;/h;;(H,1,2,3)(H,4,5,6);;;. The molecule has 0 bridgehead atoms. The van der Waals surface area contributed by atoms with E-state index in [1.54, 1.807) is 0 Å². The van der Waals surface area contributed by atoms with Gasteiger partial charge in [-0.3, -0.25) is 9.11 Å². The maximum atomic E-state index is 9.44. The summed E-state index contributed by atoms with van der Waals surface area (Å²) >= 11 is 0. The van der Waals surface area contributed by atoms with Gasteiger partial charge in [-0.05, 0) is 0 Å². The van der Waals surface area contributed by atoms with Gasteiger partial charge in [0.05, 0.1) is 0 Å². The summed E-state index contributed by atoms with van der Waals surface area (Å²) in [5.74, 6) is 0. The third kappa shape index (κ3) is 19.2. The Balaban J connectivity index is -0.000000320. The molecule has 0 unspecified atom stereocenters. The molecule has 0 saturated heterocycles. The molecular formula is H5CaKO7S2. The molecule has 0 fully saturated rings. The summed E-state index contributed by atoms with van der Waals surface area (Å²) in [5, 5.41) is 0. The molecule has 0 aliphatic carbocycles. The quantitative estimate of drug-likeness (QED) is 0.402. The fourth-order valence-corrected chi connectivity index (χ4v) is 0.978. The van der Waals surface area contributed by atoms with Crippen molar-refractivity contribution >= 4 is 110 Å². The van der Waals surface area contributed by atoms with E-state index in [1.807, 2.05) is 0 Å². The van der Waals surface area contributed by atoms with Gasteiger partial charge in [-0.1, -0.05) is 0 Å². The van der Waals surface area contributed by atoms with Crippen LogP contribution in [0.5, 0.6) is 0 Å². The van der Waals surface area contributed by atoms with Gasteiger partial charge in [-0.25, -0.2) is 0 Å². The number of hydrogen-bond donors (Lipinski definition) is 2. The Bertz CT molecular complexity index is 242. The van der Waals surface area contributed by atoms with Gasteiger partial charge in [0.1, 0.15) is 0 Å². The molecule has 0 aromatic rings. The van der Waals surface area contributed by atoms with Crippen LogP contribution in [-0.4, -0.2) is 115 Å². The molecule has 0 saturated carbocycles. The van der Waals surface area contributed by atoms with Crippen LogP contribution >= 0.6 is 0 Å². The third-order valence-corrected chi connectivity index (χ3v) is 1.55. The first-order chi connectivity index (χ1) is 3.71. The van der Waals surface area contributed by atoms with Crippen molar-refractivity contribution < 1.29 is 29.6 Å². The zero-order valence-electron chi connectivity index (χ0n) is 3.75. The van der Waals surface area contributed by atoms with Gasteiger partial charge in [-0.15, -0.1) is 3.63 Å². The molecule has 0 aliphatic heterocycles. The van der Waals surface area contributed by atoms with Crippen LogP contribution < -0.4 is 0 Å². The summed E-state index contributed by atoms with van der Waals surface area (Å²) in [7, 11) is -10.2. The third-order valence-electron chi connectivity index (χ3n) is 0.172. The Kier molecular flexibility index (Phi) is 12.3. The monoisotopic (exact) mass is 260 g/mol. The van der Waals surface area contributed by atoms with Crippen molar-refractivity contribution in [3.05, 3.63) is 0 Å². The molecule has 11 heteroatoms. The molecule has 0 heterocycles. The Morgan fingerprint density at radius 3 is 1.09 bits per heavy atom. The van der Waals surface area contributed by atoms with E-state index in [0.717, 1.165) is 0 Å². The molecule has 11 heavy (non-hydrogen) atoms. The average Bonchev–Trinajstić information content (AvgIpc) is 1.14. The van der Waals surface area contributed by atoms with Gasteiger partial charge in [0.2, 0.25) is 0 Å². The summed E-state index contributed by atoms with van der Waals surface area (Å²) in [6.07, 6.45) is 0. The maximum absolute atomic E-state index is 9.44. The molecule has 0 radical (unpaired) electrons. The minimum atomic E-state index is -5.12. The van der Waals surface area contributed by atoms with Crippen LogP contribution in [0.4, 0.5) is 0 Å². The van der Waals surface area contributed by atoms with Crippen LogP contribution in [0.25, 0.3) is 0 Å². The summed E-state index contributed by atoms with van der Waals surface area (Å²) in [5.41, 5.74) is 0. The van der Waals surface area contributed by atoms with Crippen molar-refractivity contribution in [3.8, 4) is 0 Å². The van der Waals surface area contributed by atoms with Crippen molar-refractivity contribution in [1.82, 2.24) is 0 Å². The molecule has 0 aromatic carbocycles. The van der Waals surface area contributed by atoms with E-state index in [0.29, 0.717) is 0 Å². The predicted molar refractivity (Wildman–Crippen MR) is 39.9 cm³/mol. The van der Waals surface area contributed by atoms with E-state index in [-0.39, 0.29) is 89.1 Å².